The number of carbonyl (C=O) groups is 1. The predicted molar refractivity (Wildman–Crippen MR) is 103 cm³/mol. The highest BCUT2D eigenvalue weighted by Crippen LogP contribution is 2.31. The first kappa shape index (κ1) is 19.5. The topological polar surface area (TPSA) is 37.3 Å². The Bertz CT molecular complexity index is 476. The van der Waals surface area contributed by atoms with Gasteiger partial charge in [0.2, 0.25) is 0 Å². The van der Waals surface area contributed by atoms with Crippen molar-refractivity contribution in [1.82, 2.24) is 0 Å². The normalized spacial score (nSPS) is 15.0. The number of benzene rings is 1. The van der Waals surface area contributed by atoms with Crippen LogP contribution in [0.25, 0.3) is 0 Å². The molecule has 0 fully saturated rings. The predicted octanol–water partition coefficient (Wildman–Crippen LogP) is 5.12. The summed E-state index contributed by atoms with van der Waals surface area (Å²) in [6.07, 6.45) is 1.59. The Labute approximate surface area is 147 Å². The molecular weight excluding hydrogens is 332 g/mol. The van der Waals surface area contributed by atoms with Crippen molar-refractivity contribution in [3.05, 3.63) is 35.9 Å². The average molecular weight is 357 g/mol. The number of carboxylic acids is 1. The molecule has 0 radical (unpaired) electrons. The monoisotopic (exact) mass is 356 g/mol. The maximum atomic E-state index is 11.6. The first-order valence-electron chi connectivity index (χ1n) is 7.54. The van der Waals surface area contributed by atoms with E-state index in [0.29, 0.717) is 12.3 Å². The van der Waals surface area contributed by atoms with Crippen molar-refractivity contribution in [1.29, 1.82) is 0 Å². The number of hydrogen-bond donors (Lipinski definition) is 1. The van der Waals surface area contributed by atoms with Gasteiger partial charge in [-0.3, -0.25) is 4.79 Å². The highest BCUT2D eigenvalue weighted by molar-refractivity contribution is 8.47. The molecule has 0 amide bonds. The van der Waals surface area contributed by atoms with Gasteiger partial charge < -0.3 is 5.11 Å². The molecule has 0 spiro atoms. The van der Waals surface area contributed by atoms with Crippen LogP contribution in [0, 0.1) is 11.8 Å². The van der Waals surface area contributed by atoms with Crippen molar-refractivity contribution in [2.24, 2.45) is 11.8 Å². The largest absolute Gasteiger partial charge is 0.481 e. The molecule has 0 saturated heterocycles. The van der Waals surface area contributed by atoms with E-state index in [4.69, 9.17) is 12.2 Å². The van der Waals surface area contributed by atoms with E-state index in [1.54, 1.807) is 11.8 Å². The second-order valence-corrected chi connectivity index (χ2v) is 9.33. The summed E-state index contributed by atoms with van der Waals surface area (Å²) in [6.45, 7) is 6.15. The third-order valence-electron chi connectivity index (χ3n) is 3.51. The summed E-state index contributed by atoms with van der Waals surface area (Å²) < 4.78 is 0.844. The minimum atomic E-state index is -0.718. The van der Waals surface area contributed by atoms with Gasteiger partial charge in [0.1, 0.15) is 3.53 Å². The Kier molecular flexibility index (Phi) is 9.13. The minimum absolute atomic E-state index is 0.00210. The zero-order valence-corrected chi connectivity index (χ0v) is 15.8. The maximum Gasteiger partial charge on any atom is 0.307 e. The summed E-state index contributed by atoms with van der Waals surface area (Å²) in [6, 6.07) is 10.2. The number of thiocarbonyl (C=S) groups is 1. The van der Waals surface area contributed by atoms with Crippen molar-refractivity contribution in [2.45, 2.75) is 38.9 Å². The number of hydrogen-bond acceptors (Lipinski definition) is 4. The van der Waals surface area contributed by atoms with Crippen LogP contribution in [0.4, 0.5) is 0 Å². The van der Waals surface area contributed by atoms with Gasteiger partial charge in [-0.25, -0.2) is 0 Å². The Balaban J connectivity index is 2.59. The van der Waals surface area contributed by atoms with Gasteiger partial charge in [-0.2, -0.15) is 0 Å². The first-order chi connectivity index (χ1) is 10.4. The van der Waals surface area contributed by atoms with Crippen LogP contribution >= 0.6 is 35.7 Å². The van der Waals surface area contributed by atoms with Crippen molar-refractivity contribution in [3.8, 4) is 0 Å². The summed E-state index contributed by atoms with van der Waals surface area (Å²) in [4.78, 5) is 11.6. The molecule has 3 atom stereocenters. The summed E-state index contributed by atoms with van der Waals surface area (Å²) in [5.41, 5.74) is 1.26. The van der Waals surface area contributed by atoms with Gasteiger partial charge >= 0.3 is 5.97 Å². The molecule has 2 nitrogen and oxygen atoms in total. The van der Waals surface area contributed by atoms with Crippen LogP contribution in [0.1, 0.15) is 32.8 Å². The van der Waals surface area contributed by atoms with Crippen LogP contribution in [-0.2, 0) is 11.2 Å². The van der Waals surface area contributed by atoms with Crippen LogP contribution in [-0.4, -0.2) is 25.6 Å². The minimum Gasteiger partial charge on any atom is -0.481 e. The fourth-order valence-corrected chi connectivity index (χ4v) is 5.23. The molecule has 3 unspecified atom stereocenters. The van der Waals surface area contributed by atoms with Crippen LogP contribution in [0.5, 0.6) is 0 Å². The Morgan fingerprint density at radius 1 is 1.27 bits per heavy atom. The van der Waals surface area contributed by atoms with Crippen molar-refractivity contribution in [2.75, 3.05) is 5.75 Å². The Morgan fingerprint density at radius 3 is 2.45 bits per heavy atom. The quantitative estimate of drug-likeness (QED) is 0.655. The maximum absolute atomic E-state index is 11.6. The lowest BCUT2D eigenvalue weighted by atomic mass is 9.89. The van der Waals surface area contributed by atoms with Crippen LogP contribution in [0.2, 0.25) is 0 Å². The lowest BCUT2D eigenvalue weighted by Crippen LogP contribution is -2.26. The fourth-order valence-electron chi connectivity index (χ4n) is 2.41. The smallest absolute Gasteiger partial charge is 0.307 e. The molecule has 0 aliphatic carbocycles. The molecule has 0 aromatic heterocycles. The molecule has 1 N–H and O–H groups in total. The molecule has 22 heavy (non-hydrogen) atoms. The van der Waals surface area contributed by atoms with Crippen molar-refractivity contribution in [3.63, 3.8) is 0 Å². The van der Waals surface area contributed by atoms with E-state index < -0.39 is 5.97 Å². The highest BCUT2D eigenvalue weighted by atomic mass is 32.2. The van der Waals surface area contributed by atoms with E-state index in [1.807, 2.05) is 25.1 Å². The van der Waals surface area contributed by atoms with E-state index in [2.05, 4.69) is 26.0 Å². The van der Waals surface area contributed by atoms with Gasteiger partial charge in [0, 0.05) is 5.25 Å². The summed E-state index contributed by atoms with van der Waals surface area (Å²) in [5.74, 6) is 0.183. The molecule has 122 valence electrons. The highest BCUT2D eigenvalue weighted by Gasteiger charge is 2.28. The molecule has 0 aliphatic heterocycles. The van der Waals surface area contributed by atoms with Crippen LogP contribution < -0.4 is 0 Å². The fraction of sp³-hybridized carbons (Fsp3) is 0.529. The second-order valence-electron chi connectivity index (χ2n) is 5.48. The zero-order valence-electron chi connectivity index (χ0n) is 13.3. The number of thioether (sulfide) groups is 2. The van der Waals surface area contributed by atoms with E-state index in [9.17, 15) is 9.90 Å². The van der Waals surface area contributed by atoms with Crippen LogP contribution in [0.3, 0.4) is 0 Å². The molecule has 0 saturated carbocycles. The third kappa shape index (κ3) is 7.16. The van der Waals surface area contributed by atoms with Gasteiger partial charge in [0.15, 0.2) is 0 Å². The molecule has 1 rings (SSSR count). The summed E-state index contributed by atoms with van der Waals surface area (Å²) >= 11 is 8.42. The molecule has 0 bridgehead atoms. The molecule has 5 heteroatoms. The average Bonchev–Trinajstić information content (AvgIpc) is 2.45. The molecule has 0 aliphatic rings. The van der Waals surface area contributed by atoms with E-state index in [1.165, 1.54) is 17.3 Å². The molecule has 1 aromatic carbocycles. The lowest BCUT2D eigenvalue weighted by molar-refractivity contribution is -0.142. The van der Waals surface area contributed by atoms with Crippen molar-refractivity contribution >= 4 is 45.2 Å². The van der Waals surface area contributed by atoms with Gasteiger partial charge in [-0.1, -0.05) is 63.3 Å². The number of rotatable bonds is 8. The van der Waals surface area contributed by atoms with Gasteiger partial charge in [-0.15, -0.1) is 23.5 Å². The first-order valence-corrected chi connectivity index (χ1v) is 9.81. The third-order valence-corrected chi connectivity index (χ3v) is 6.21. The Hall–Kier alpha value is -0.520. The SMILES string of the molecule is CCSC(=S)SC(C)C(CC(C)Cc1ccccc1)C(=O)O. The summed E-state index contributed by atoms with van der Waals surface area (Å²) in [7, 11) is 0. The van der Waals surface area contributed by atoms with E-state index in [0.717, 1.165) is 15.7 Å². The summed E-state index contributed by atoms with van der Waals surface area (Å²) in [5, 5.41) is 9.54. The molecule has 1 aromatic rings. The number of carboxylic acid groups (broad SMARTS) is 1. The Morgan fingerprint density at radius 2 is 1.91 bits per heavy atom. The van der Waals surface area contributed by atoms with Gasteiger partial charge in [-0.05, 0) is 30.1 Å². The molecule has 0 heterocycles. The second kappa shape index (κ2) is 10.3. The van der Waals surface area contributed by atoms with E-state index >= 15 is 0 Å². The van der Waals surface area contributed by atoms with Crippen molar-refractivity contribution < 1.29 is 9.90 Å². The standard InChI is InChI=1S/C17H24O2S3/c1-4-21-17(20)22-13(3)15(16(18)19)11-12(2)10-14-8-6-5-7-9-14/h5-9,12-13,15H,4,10-11H2,1-3H3,(H,18,19). The zero-order chi connectivity index (χ0) is 16.5. The van der Waals surface area contributed by atoms with Gasteiger partial charge in [0.25, 0.3) is 0 Å². The molecular formula is C17H24O2S3. The number of aliphatic carboxylic acids is 1. The van der Waals surface area contributed by atoms with Gasteiger partial charge in [0.05, 0.1) is 5.92 Å². The van der Waals surface area contributed by atoms with Crippen LogP contribution in [0.15, 0.2) is 30.3 Å². The lowest BCUT2D eigenvalue weighted by Gasteiger charge is -2.23. The van der Waals surface area contributed by atoms with E-state index in [-0.39, 0.29) is 11.2 Å².